The molecular weight excluding hydrogens is 502 g/mol. The van der Waals surface area contributed by atoms with E-state index in [9.17, 15) is 9.59 Å². The quantitative estimate of drug-likeness (QED) is 0.405. The van der Waals surface area contributed by atoms with Crippen molar-refractivity contribution >= 4 is 11.9 Å². The van der Waals surface area contributed by atoms with Crippen LogP contribution in [-0.2, 0) is 16.1 Å². The lowest BCUT2D eigenvalue weighted by atomic mass is 9.96. The van der Waals surface area contributed by atoms with E-state index in [1.807, 2.05) is 11.9 Å². The average molecular weight is 548 g/mol. The average Bonchev–Trinajstić information content (AvgIpc) is 3.01. The maximum atomic E-state index is 13.2. The van der Waals surface area contributed by atoms with Gasteiger partial charge in [0.15, 0.2) is 6.61 Å². The van der Waals surface area contributed by atoms with Crippen molar-refractivity contribution in [3.05, 3.63) is 65.7 Å². The number of ether oxygens (including phenoxy) is 2. The third-order valence-corrected chi connectivity index (χ3v) is 9.00. The summed E-state index contributed by atoms with van der Waals surface area (Å²) in [6.45, 7) is 5.35. The van der Waals surface area contributed by atoms with Gasteiger partial charge in [-0.3, -0.25) is 9.69 Å². The van der Waals surface area contributed by atoms with Gasteiger partial charge in [-0.15, -0.1) is 0 Å². The first-order valence-corrected chi connectivity index (χ1v) is 15.2. The minimum atomic E-state index is -0.323. The second kappa shape index (κ2) is 14.1. The van der Waals surface area contributed by atoms with Crippen molar-refractivity contribution in [2.75, 3.05) is 39.8 Å². The van der Waals surface area contributed by atoms with E-state index in [1.54, 1.807) is 24.3 Å². The van der Waals surface area contributed by atoms with Crippen molar-refractivity contribution in [2.45, 2.75) is 82.5 Å². The molecule has 5 rings (SSSR count). The van der Waals surface area contributed by atoms with Crippen LogP contribution in [0.4, 0.5) is 0 Å². The Hall–Kier alpha value is -2.90. The molecule has 2 aromatic carbocycles. The first-order chi connectivity index (χ1) is 19.5. The van der Waals surface area contributed by atoms with Gasteiger partial charge in [0, 0.05) is 44.3 Å². The van der Waals surface area contributed by atoms with Gasteiger partial charge in [-0.2, -0.15) is 0 Å². The molecular formula is C33H45N3O4. The lowest BCUT2D eigenvalue weighted by molar-refractivity contribution is -0.152. The number of rotatable bonds is 9. The van der Waals surface area contributed by atoms with Crippen LogP contribution in [0.25, 0.3) is 0 Å². The summed E-state index contributed by atoms with van der Waals surface area (Å²) in [6, 6.07) is 18.8. The number of piperidine rings is 2. The molecule has 2 heterocycles. The van der Waals surface area contributed by atoms with Crippen LogP contribution in [0.3, 0.4) is 0 Å². The number of likely N-dealkylation sites (tertiary alicyclic amines) is 2. The zero-order valence-corrected chi connectivity index (χ0v) is 24.0. The van der Waals surface area contributed by atoms with Crippen LogP contribution in [0.1, 0.15) is 73.7 Å². The summed E-state index contributed by atoms with van der Waals surface area (Å²) >= 11 is 0. The van der Waals surface area contributed by atoms with Crippen LogP contribution >= 0.6 is 0 Å². The fraction of sp³-hybridized carbons (Fsp3) is 0.576. The number of carbonyl (C=O) groups excluding carboxylic acids is 2. The van der Waals surface area contributed by atoms with Crippen molar-refractivity contribution in [1.29, 1.82) is 0 Å². The molecule has 0 spiro atoms. The zero-order valence-electron chi connectivity index (χ0n) is 24.0. The van der Waals surface area contributed by atoms with Crippen molar-refractivity contribution in [3.8, 4) is 5.75 Å². The highest BCUT2D eigenvalue weighted by molar-refractivity contribution is 5.94. The highest BCUT2D eigenvalue weighted by atomic mass is 16.6. The molecule has 0 bridgehead atoms. The normalized spacial score (nSPS) is 20.2. The standard InChI is InChI=1S/C33H45N3O4/c1-34(33(38)27-12-14-30(15-13-27)39-25-32(37)40-31-10-6-3-7-11-31)28-18-22-36(23-19-28)29-16-20-35(21-17-29)24-26-8-4-2-5-9-26/h2,4-5,8-9,12-15,28-29,31H,3,6-7,10-11,16-25H2,1H3. The summed E-state index contributed by atoms with van der Waals surface area (Å²) in [7, 11) is 1.93. The van der Waals surface area contributed by atoms with Gasteiger partial charge in [0.05, 0.1) is 0 Å². The van der Waals surface area contributed by atoms with Gasteiger partial charge in [-0.25, -0.2) is 4.79 Å². The molecule has 2 aromatic rings. The second-order valence-corrected chi connectivity index (χ2v) is 11.7. The Bertz CT molecular complexity index is 1070. The van der Waals surface area contributed by atoms with Crippen molar-refractivity contribution in [1.82, 2.24) is 14.7 Å². The Morgan fingerprint density at radius 2 is 1.50 bits per heavy atom. The molecule has 40 heavy (non-hydrogen) atoms. The lowest BCUT2D eigenvalue weighted by Gasteiger charge is -2.43. The van der Waals surface area contributed by atoms with Crippen molar-refractivity contribution in [2.24, 2.45) is 0 Å². The number of hydrogen-bond acceptors (Lipinski definition) is 6. The Kier molecular flexibility index (Phi) is 10.1. The molecule has 1 saturated carbocycles. The first-order valence-electron chi connectivity index (χ1n) is 15.2. The predicted octanol–water partition coefficient (Wildman–Crippen LogP) is 5.14. The highest BCUT2D eigenvalue weighted by Gasteiger charge is 2.31. The molecule has 0 radical (unpaired) electrons. The summed E-state index contributed by atoms with van der Waals surface area (Å²) < 4.78 is 11.1. The Labute approximate surface area is 239 Å². The molecule has 7 heteroatoms. The molecule has 2 aliphatic heterocycles. The van der Waals surface area contributed by atoms with Gasteiger partial charge in [0.1, 0.15) is 11.9 Å². The van der Waals surface area contributed by atoms with Crippen molar-refractivity contribution < 1.29 is 19.1 Å². The lowest BCUT2D eigenvalue weighted by Crippen LogP contribution is -2.51. The maximum absolute atomic E-state index is 13.2. The molecule has 2 saturated heterocycles. The summed E-state index contributed by atoms with van der Waals surface area (Å²) in [5, 5.41) is 0. The summed E-state index contributed by atoms with van der Waals surface area (Å²) in [4.78, 5) is 32.5. The topological polar surface area (TPSA) is 62.3 Å². The number of esters is 1. The van der Waals surface area contributed by atoms with E-state index in [4.69, 9.17) is 9.47 Å². The second-order valence-electron chi connectivity index (χ2n) is 11.7. The van der Waals surface area contributed by atoms with Gasteiger partial charge in [0.2, 0.25) is 0 Å². The van der Waals surface area contributed by atoms with Crippen LogP contribution in [0.2, 0.25) is 0 Å². The minimum absolute atomic E-state index is 0.0326. The van der Waals surface area contributed by atoms with Gasteiger partial charge in [0.25, 0.3) is 5.91 Å². The zero-order chi connectivity index (χ0) is 27.7. The third-order valence-electron chi connectivity index (χ3n) is 9.00. The molecule has 1 aliphatic carbocycles. The van der Waals surface area contributed by atoms with Crippen LogP contribution in [0.5, 0.6) is 5.75 Å². The summed E-state index contributed by atoms with van der Waals surface area (Å²) in [6.07, 6.45) is 9.86. The predicted molar refractivity (Wildman–Crippen MR) is 156 cm³/mol. The Balaban J connectivity index is 1.02. The summed E-state index contributed by atoms with van der Waals surface area (Å²) in [5.74, 6) is 0.287. The molecule has 0 N–H and O–H groups in total. The van der Waals surface area contributed by atoms with Crippen LogP contribution < -0.4 is 4.74 Å². The fourth-order valence-electron chi connectivity index (χ4n) is 6.53. The number of amides is 1. The van der Waals surface area contributed by atoms with E-state index >= 15 is 0 Å². The molecule has 1 amide bonds. The SMILES string of the molecule is CN(C(=O)c1ccc(OCC(=O)OC2CCCCC2)cc1)C1CCN(C2CCN(Cc3ccccc3)CC2)CC1. The van der Waals surface area contributed by atoms with Crippen LogP contribution in [0.15, 0.2) is 54.6 Å². The third kappa shape index (κ3) is 7.85. The molecule has 7 nitrogen and oxygen atoms in total. The van der Waals surface area contributed by atoms with Crippen molar-refractivity contribution in [3.63, 3.8) is 0 Å². The first kappa shape index (κ1) is 28.6. The maximum Gasteiger partial charge on any atom is 0.344 e. The molecule has 216 valence electrons. The van der Waals surface area contributed by atoms with Gasteiger partial charge < -0.3 is 19.3 Å². The van der Waals surface area contributed by atoms with E-state index in [2.05, 4.69) is 40.1 Å². The van der Waals surface area contributed by atoms with Gasteiger partial charge in [-0.1, -0.05) is 36.8 Å². The number of hydrogen-bond donors (Lipinski definition) is 0. The van der Waals surface area contributed by atoms with Crippen LogP contribution in [-0.4, -0.2) is 84.6 Å². The van der Waals surface area contributed by atoms with E-state index in [-0.39, 0.29) is 30.6 Å². The number of benzene rings is 2. The fourth-order valence-corrected chi connectivity index (χ4v) is 6.53. The summed E-state index contributed by atoms with van der Waals surface area (Å²) in [5.41, 5.74) is 2.04. The van der Waals surface area contributed by atoms with Gasteiger partial charge >= 0.3 is 5.97 Å². The Morgan fingerprint density at radius 1 is 0.825 bits per heavy atom. The van der Waals surface area contributed by atoms with Crippen LogP contribution in [0, 0.1) is 0 Å². The van der Waals surface area contributed by atoms with E-state index in [1.165, 1.54) is 24.8 Å². The number of carbonyl (C=O) groups is 2. The highest BCUT2D eigenvalue weighted by Crippen LogP contribution is 2.25. The van der Waals surface area contributed by atoms with Gasteiger partial charge in [-0.05, 0) is 94.3 Å². The minimum Gasteiger partial charge on any atom is -0.482 e. The van der Waals surface area contributed by atoms with E-state index < -0.39 is 0 Å². The Morgan fingerprint density at radius 3 is 2.17 bits per heavy atom. The number of nitrogens with zero attached hydrogens (tertiary/aromatic N) is 3. The molecule has 3 aliphatic rings. The monoisotopic (exact) mass is 547 g/mol. The molecule has 0 unspecified atom stereocenters. The molecule has 3 fully saturated rings. The largest absolute Gasteiger partial charge is 0.482 e. The van der Waals surface area contributed by atoms with E-state index in [0.29, 0.717) is 17.4 Å². The molecule has 0 atom stereocenters. The molecule has 0 aromatic heterocycles. The smallest absolute Gasteiger partial charge is 0.344 e. The van der Waals surface area contributed by atoms with E-state index in [0.717, 1.165) is 71.2 Å².